The van der Waals surface area contributed by atoms with E-state index in [0.29, 0.717) is 5.56 Å². The van der Waals surface area contributed by atoms with Crippen LogP contribution in [0.5, 0.6) is 5.75 Å². The summed E-state index contributed by atoms with van der Waals surface area (Å²) in [6.07, 6.45) is 2.39. The molecule has 1 atom stereocenters. The molecule has 1 aromatic heterocycles. The van der Waals surface area contributed by atoms with E-state index >= 15 is 0 Å². The lowest BCUT2D eigenvalue weighted by Gasteiger charge is -2.38. The monoisotopic (exact) mass is 448 g/mol. The van der Waals surface area contributed by atoms with E-state index in [1.54, 1.807) is 18.4 Å². The Morgan fingerprint density at radius 3 is 2.34 bits per heavy atom. The minimum absolute atomic E-state index is 0.0613. The number of piperidine rings is 1. The van der Waals surface area contributed by atoms with E-state index in [1.165, 1.54) is 34.4 Å². The van der Waals surface area contributed by atoms with Gasteiger partial charge in [-0.25, -0.2) is 0 Å². The molecule has 1 amide bonds. The maximum Gasteiger partial charge on any atom is 0.256 e. The summed E-state index contributed by atoms with van der Waals surface area (Å²) in [7, 11) is 1.70. The zero-order valence-electron chi connectivity index (χ0n) is 19.4. The summed E-state index contributed by atoms with van der Waals surface area (Å²) in [5.74, 6) is 1.55. The van der Waals surface area contributed by atoms with Crippen molar-refractivity contribution in [2.24, 2.45) is 5.92 Å². The van der Waals surface area contributed by atoms with Gasteiger partial charge in [0, 0.05) is 16.0 Å². The summed E-state index contributed by atoms with van der Waals surface area (Å²) in [4.78, 5) is 16.8. The molecule has 2 heterocycles. The molecule has 5 heteroatoms. The van der Waals surface area contributed by atoms with Crippen LogP contribution in [-0.2, 0) is 0 Å². The maximum atomic E-state index is 13.0. The molecule has 1 aliphatic rings. The van der Waals surface area contributed by atoms with Gasteiger partial charge >= 0.3 is 0 Å². The number of thiophene rings is 1. The molecular weight excluding hydrogens is 416 g/mol. The highest BCUT2D eigenvalue weighted by molar-refractivity contribution is 7.16. The van der Waals surface area contributed by atoms with Gasteiger partial charge < -0.3 is 10.1 Å². The van der Waals surface area contributed by atoms with Crippen molar-refractivity contribution in [2.45, 2.75) is 39.7 Å². The Morgan fingerprint density at radius 2 is 1.72 bits per heavy atom. The second-order valence-electron chi connectivity index (χ2n) is 8.74. The second-order valence-corrected chi connectivity index (χ2v) is 9.97. The number of nitrogens with one attached hydrogen (secondary N) is 1. The zero-order chi connectivity index (χ0) is 22.7. The quantitative estimate of drug-likeness (QED) is 0.471. The molecule has 3 aromatic rings. The number of carbonyl (C=O) groups is 1. The van der Waals surface area contributed by atoms with Crippen molar-refractivity contribution in [1.82, 2.24) is 4.90 Å². The van der Waals surface area contributed by atoms with E-state index in [0.717, 1.165) is 29.8 Å². The van der Waals surface area contributed by atoms with Gasteiger partial charge in [-0.15, -0.1) is 11.3 Å². The molecule has 0 saturated carbocycles. The molecular formula is C27H32N2O2S. The van der Waals surface area contributed by atoms with E-state index in [-0.39, 0.29) is 11.9 Å². The van der Waals surface area contributed by atoms with Crippen LogP contribution in [0.15, 0.2) is 54.6 Å². The molecule has 168 valence electrons. The van der Waals surface area contributed by atoms with E-state index in [1.807, 2.05) is 42.5 Å². The van der Waals surface area contributed by atoms with Gasteiger partial charge in [0.2, 0.25) is 0 Å². The van der Waals surface area contributed by atoms with Crippen LogP contribution in [0.2, 0.25) is 0 Å². The zero-order valence-corrected chi connectivity index (χ0v) is 20.2. The number of hydrogen-bond acceptors (Lipinski definition) is 4. The van der Waals surface area contributed by atoms with Gasteiger partial charge in [-0.3, -0.25) is 9.69 Å². The lowest BCUT2D eigenvalue weighted by molar-refractivity contribution is 0.102. The van der Waals surface area contributed by atoms with E-state index in [4.69, 9.17) is 4.74 Å². The largest absolute Gasteiger partial charge is 0.497 e. The normalized spacial score (nSPS) is 16.0. The Balaban J connectivity index is 1.75. The summed E-state index contributed by atoms with van der Waals surface area (Å²) in [6, 6.07) is 17.9. The highest BCUT2D eigenvalue weighted by Gasteiger charge is 2.31. The number of methoxy groups -OCH3 is 1. The fourth-order valence-corrected chi connectivity index (χ4v) is 5.55. The lowest BCUT2D eigenvalue weighted by Crippen LogP contribution is -2.37. The smallest absolute Gasteiger partial charge is 0.256 e. The molecule has 0 radical (unpaired) electrons. The summed E-state index contributed by atoms with van der Waals surface area (Å²) in [6.45, 7) is 8.77. The number of likely N-dealkylation sites (tertiary alicyclic amines) is 1. The Bertz CT molecular complexity index is 1050. The maximum absolute atomic E-state index is 13.0. The Labute approximate surface area is 195 Å². The Hall–Kier alpha value is -2.63. The first-order valence-corrected chi connectivity index (χ1v) is 12.1. The molecule has 1 saturated heterocycles. The van der Waals surface area contributed by atoms with Crippen LogP contribution in [0.1, 0.15) is 57.7 Å². The summed E-state index contributed by atoms with van der Waals surface area (Å²) in [5, 5.41) is 4.19. The van der Waals surface area contributed by atoms with E-state index < -0.39 is 0 Å². The van der Waals surface area contributed by atoms with Crippen molar-refractivity contribution in [2.75, 3.05) is 25.5 Å². The molecule has 1 aliphatic heterocycles. The predicted molar refractivity (Wildman–Crippen MR) is 133 cm³/mol. The third-order valence-electron chi connectivity index (χ3n) is 6.58. The molecule has 0 bridgehead atoms. The fourth-order valence-electron chi connectivity index (χ4n) is 4.46. The van der Waals surface area contributed by atoms with Crippen LogP contribution in [0, 0.1) is 19.8 Å². The average Bonchev–Trinajstić information content (AvgIpc) is 3.09. The van der Waals surface area contributed by atoms with Gasteiger partial charge in [-0.2, -0.15) is 0 Å². The van der Waals surface area contributed by atoms with Gasteiger partial charge in [-0.1, -0.05) is 37.3 Å². The summed E-state index contributed by atoms with van der Waals surface area (Å²) < 4.78 is 5.40. The van der Waals surface area contributed by atoms with Crippen molar-refractivity contribution >= 4 is 22.2 Å². The van der Waals surface area contributed by atoms with Gasteiger partial charge in [-0.05, 0) is 81.1 Å². The molecule has 0 spiro atoms. The molecule has 4 rings (SSSR count). The standard InChI is InChI=1S/C27H32N2O2S/c1-18-14-16-29(17-15-18)25(21-10-12-23(31-4)13-11-21)24-19(2)20(3)32-27(24)28-26(30)22-8-6-5-7-9-22/h5-13,18,25H,14-17H2,1-4H3,(H,28,30). The summed E-state index contributed by atoms with van der Waals surface area (Å²) >= 11 is 1.68. The topological polar surface area (TPSA) is 41.6 Å². The van der Waals surface area contributed by atoms with Crippen molar-refractivity contribution in [1.29, 1.82) is 0 Å². The second kappa shape index (κ2) is 9.88. The Morgan fingerprint density at radius 1 is 1.06 bits per heavy atom. The number of hydrogen-bond donors (Lipinski definition) is 1. The number of nitrogens with zero attached hydrogens (tertiary/aromatic N) is 1. The van der Waals surface area contributed by atoms with Crippen LogP contribution >= 0.6 is 11.3 Å². The van der Waals surface area contributed by atoms with Crippen LogP contribution in [0.3, 0.4) is 0 Å². The number of rotatable bonds is 6. The van der Waals surface area contributed by atoms with Crippen LogP contribution in [0.25, 0.3) is 0 Å². The van der Waals surface area contributed by atoms with Crippen LogP contribution in [0.4, 0.5) is 5.00 Å². The first-order chi connectivity index (χ1) is 15.5. The highest BCUT2D eigenvalue weighted by Crippen LogP contribution is 2.43. The van der Waals surface area contributed by atoms with Crippen LogP contribution in [-0.4, -0.2) is 31.0 Å². The van der Waals surface area contributed by atoms with Crippen molar-refractivity contribution in [3.05, 3.63) is 81.7 Å². The first-order valence-electron chi connectivity index (χ1n) is 11.3. The number of carbonyl (C=O) groups excluding carboxylic acids is 1. The third-order valence-corrected chi connectivity index (χ3v) is 7.72. The van der Waals surface area contributed by atoms with Gasteiger partial charge in [0.15, 0.2) is 0 Å². The van der Waals surface area contributed by atoms with Gasteiger partial charge in [0.05, 0.1) is 13.2 Å². The van der Waals surface area contributed by atoms with Crippen LogP contribution < -0.4 is 10.1 Å². The van der Waals surface area contributed by atoms with Crippen molar-refractivity contribution in [3.8, 4) is 5.75 Å². The summed E-state index contributed by atoms with van der Waals surface area (Å²) in [5.41, 5.74) is 4.39. The third kappa shape index (κ3) is 4.74. The highest BCUT2D eigenvalue weighted by atomic mass is 32.1. The first kappa shape index (κ1) is 22.6. The molecule has 2 aromatic carbocycles. The molecule has 1 fully saturated rings. The van der Waals surface area contributed by atoms with Crippen molar-refractivity contribution in [3.63, 3.8) is 0 Å². The minimum Gasteiger partial charge on any atom is -0.497 e. The molecule has 1 unspecified atom stereocenters. The molecule has 4 nitrogen and oxygen atoms in total. The Kier molecular flexibility index (Phi) is 6.97. The molecule has 1 N–H and O–H groups in total. The molecule has 32 heavy (non-hydrogen) atoms. The molecule has 0 aliphatic carbocycles. The van der Waals surface area contributed by atoms with Gasteiger partial charge in [0.25, 0.3) is 5.91 Å². The number of anilines is 1. The van der Waals surface area contributed by atoms with Gasteiger partial charge in [0.1, 0.15) is 10.8 Å². The minimum atomic E-state index is -0.0613. The van der Waals surface area contributed by atoms with Crippen molar-refractivity contribution < 1.29 is 9.53 Å². The van der Waals surface area contributed by atoms with E-state index in [9.17, 15) is 4.79 Å². The fraction of sp³-hybridized carbons (Fsp3) is 0.370. The SMILES string of the molecule is COc1ccc(C(c2c(NC(=O)c3ccccc3)sc(C)c2C)N2CCC(C)CC2)cc1. The number of aryl methyl sites for hydroxylation is 1. The number of benzene rings is 2. The number of ether oxygens (including phenoxy) is 1. The number of amides is 1. The van der Waals surface area contributed by atoms with E-state index in [2.05, 4.69) is 43.1 Å². The lowest BCUT2D eigenvalue weighted by atomic mass is 9.91. The average molecular weight is 449 g/mol. The predicted octanol–water partition coefficient (Wildman–Crippen LogP) is 6.45.